The molecule has 10 nitrogen and oxygen atoms in total. The number of nitro groups is 2. The maximum Gasteiger partial charge on any atom is 0.363 e. The van der Waals surface area contributed by atoms with E-state index in [4.69, 9.17) is 32.7 Å². The molecule has 0 bridgehead atoms. The fraction of sp³-hybridized carbons (Fsp3) is 0. The van der Waals surface area contributed by atoms with E-state index in [0.29, 0.717) is 16.1 Å². The number of non-ortho nitro benzene ring substituents is 1. The lowest BCUT2D eigenvalue weighted by molar-refractivity contribution is -0.394. The molecule has 34 heavy (non-hydrogen) atoms. The van der Waals surface area contributed by atoms with Crippen molar-refractivity contribution in [3.05, 3.63) is 108 Å². The minimum Gasteiger partial charge on any atom is -0.450 e. The van der Waals surface area contributed by atoms with Gasteiger partial charge in [0.1, 0.15) is 5.75 Å². The van der Waals surface area contributed by atoms with Crippen molar-refractivity contribution in [3.8, 4) is 11.5 Å². The number of carbonyl (C=O) groups excluding carboxylic acids is 1. The van der Waals surface area contributed by atoms with E-state index in [-0.39, 0.29) is 28.1 Å². The number of rotatable bonds is 6. The van der Waals surface area contributed by atoms with Crippen LogP contribution in [-0.4, -0.2) is 21.7 Å². The number of nitrogens with zero attached hydrogens (tertiary/aromatic N) is 3. The van der Waals surface area contributed by atoms with Gasteiger partial charge < -0.3 is 9.47 Å². The second-order valence-corrected chi connectivity index (χ2v) is 7.64. The first kappa shape index (κ1) is 22.9. The van der Waals surface area contributed by atoms with Crippen LogP contribution in [0.5, 0.6) is 11.5 Å². The summed E-state index contributed by atoms with van der Waals surface area (Å²) in [5.74, 6) is -0.661. The zero-order chi connectivity index (χ0) is 24.4. The highest BCUT2D eigenvalue weighted by molar-refractivity contribution is 6.37. The van der Waals surface area contributed by atoms with Crippen molar-refractivity contribution in [3.63, 3.8) is 0 Å². The maximum absolute atomic E-state index is 12.3. The first-order valence-corrected chi connectivity index (χ1v) is 10.2. The molecule has 0 aliphatic carbocycles. The molecule has 0 saturated heterocycles. The molecule has 0 N–H and O–H groups in total. The first-order chi connectivity index (χ1) is 16.2. The molecule has 1 heterocycles. The predicted octanol–water partition coefficient (Wildman–Crippen LogP) is 5.95. The fourth-order valence-corrected chi connectivity index (χ4v) is 3.48. The van der Waals surface area contributed by atoms with Gasteiger partial charge in [-0.3, -0.25) is 20.2 Å². The van der Waals surface area contributed by atoms with E-state index in [1.807, 2.05) is 0 Å². The molecular weight excluding hydrogens is 489 g/mol. The van der Waals surface area contributed by atoms with Gasteiger partial charge in [-0.25, -0.2) is 9.79 Å². The Balaban J connectivity index is 1.62. The number of halogens is 2. The summed E-state index contributed by atoms with van der Waals surface area (Å²) < 4.78 is 10.8. The van der Waals surface area contributed by atoms with Crippen LogP contribution in [0.3, 0.4) is 0 Å². The number of aliphatic imine (C=N–C) groups is 1. The molecule has 0 spiro atoms. The van der Waals surface area contributed by atoms with E-state index in [0.717, 1.165) is 18.2 Å². The molecule has 0 unspecified atom stereocenters. The quantitative estimate of drug-likeness (QED) is 0.177. The SMILES string of the molecule is O=C1OC(c2ccc(Cl)cc2Cl)=NC1=Cc1cccc(Oc2ccc([N+](=O)[O-])cc2[N+](=O)[O-])c1. The summed E-state index contributed by atoms with van der Waals surface area (Å²) >= 11 is 12.0. The highest BCUT2D eigenvalue weighted by Gasteiger charge is 2.26. The van der Waals surface area contributed by atoms with Crippen molar-refractivity contribution in [2.75, 3.05) is 0 Å². The Hall–Kier alpha value is -4.28. The predicted molar refractivity (Wildman–Crippen MR) is 123 cm³/mol. The van der Waals surface area contributed by atoms with Crippen molar-refractivity contribution in [2.24, 2.45) is 4.99 Å². The Bertz CT molecular complexity index is 1420. The smallest absolute Gasteiger partial charge is 0.363 e. The molecule has 1 aliphatic rings. The topological polar surface area (TPSA) is 134 Å². The van der Waals surface area contributed by atoms with E-state index >= 15 is 0 Å². The van der Waals surface area contributed by atoms with Gasteiger partial charge in [-0.1, -0.05) is 35.3 Å². The summed E-state index contributed by atoms with van der Waals surface area (Å²) in [4.78, 5) is 37.2. The molecule has 0 radical (unpaired) electrons. The number of benzene rings is 3. The summed E-state index contributed by atoms with van der Waals surface area (Å²) in [7, 11) is 0. The third-order valence-electron chi connectivity index (χ3n) is 4.52. The normalized spacial score (nSPS) is 14.0. The molecular formula is C22H11Cl2N3O7. The molecule has 0 aromatic heterocycles. The number of hydrogen-bond donors (Lipinski definition) is 0. The number of hydrogen-bond acceptors (Lipinski definition) is 8. The van der Waals surface area contributed by atoms with Gasteiger partial charge in [0, 0.05) is 11.1 Å². The van der Waals surface area contributed by atoms with Crippen LogP contribution in [0.2, 0.25) is 10.0 Å². The third kappa shape index (κ3) is 4.87. The van der Waals surface area contributed by atoms with E-state index in [9.17, 15) is 25.0 Å². The Morgan fingerprint density at radius 3 is 2.47 bits per heavy atom. The molecule has 0 saturated carbocycles. The largest absolute Gasteiger partial charge is 0.450 e. The zero-order valence-corrected chi connectivity index (χ0v) is 18.3. The molecule has 170 valence electrons. The minimum absolute atomic E-state index is 0.000479. The average molecular weight is 500 g/mol. The van der Waals surface area contributed by atoms with Gasteiger partial charge in [0.05, 0.1) is 26.5 Å². The Morgan fingerprint density at radius 1 is 0.971 bits per heavy atom. The van der Waals surface area contributed by atoms with Crippen LogP contribution in [0.1, 0.15) is 11.1 Å². The zero-order valence-electron chi connectivity index (χ0n) is 16.8. The van der Waals surface area contributed by atoms with Crippen molar-refractivity contribution in [1.82, 2.24) is 0 Å². The van der Waals surface area contributed by atoms with Crippen molar-refractivity contribution in [1.29, 1.82) is 0 Å². The third-order valence-corrected chi connectivity index (χ3v) is 5.07. The lowest BCUT2D eigenvalue weighted by atomic mass is 10.2. The maximum atomic E-state index is 12.3. The summed E-state index contributed by atoms with van der Waals surface area (Å²) in [6, 6.07) is 14.0. The van der Waals surface area contributed by atoms with Crippen LogP contribution in [-0.2, 0) is 9.53 Å². The van der Waals surface area contributed by atoms with E-state index < -0.39 is 27.2 Å². The van der Waals surface area contributed by atoms with Crippen LogP contribution in [0.25, 0.3) is 6.08 Å². The molecule has 3 aromatic rings. The molecule has 0 fully saturated rings. The van der Waals surface area contributed by atoms with Crippen LogP contribution in [0.4, 0.5) is 11.4 Å². The lowest BCUT2D eigenvalue weighted by Crippen LogP contribution is -2.05. The highest BCUT2D eigenvalue weighted by Crippen LogP contribution is 2.35. The minimum atomic E-state index is -0.777. The van der Waals surface area contributed by atoms with Crippen molar-refractivity contribution in [2.45, 2.75) is 0 Å². The van der Waals surface area contributed by atoms with E-state index in [2.05, 4.69) is 4.99 Å². The van der Waals surface area contributed by atoms with Crippen LogP contribution < -0.4 is 4.74 Å². The van der Waals surface area contributed by atoms with Crippen molar-refractivity contribution < 1.29 is 24.1 Å². The summed E-state index contributed by atoms with van der Waals surface area (Å²) in [5, 5.41) is 22.9. The van der Waals surface area contributed by atoms with E-state index in [1.54, 1.807) is 24.3 Å². The number of nitro benzene ring substituents is 2. The second-order valence-electron chi connectivity index (χ2n) is 6.80. The summed E-state index contributed by atoms with van der Waals surface area (Å²) in [6.07, 6.45) is 1.44. The number of carbonyl (C=O) groups is 1. The molecule has 0 amide bonds. The molecule has 12 heteroatoms. The van der Waals surface area contributed by atoms with Gasteiger partial charge in [0.15, 0.2) is 5.70 Å². The molecule has 0 atom stereocenters. The number of cyclic esters (lactones) is 1. The van der Waals surface area contributed by atoms with Crippen molar-refractivity contribution >= 4 is 52.5 Å². The van der Waals surface area contributed by atoms with Gasteiger partial charge >= 0.3 is 11.7 Å². The molecule has 4 rings (SSSR count). The van der Waals surface area contributed by atoms with Gasteiger partial charge in [-0.15, -0.1) is 0 Å². The highest BCUT2D eigenvalue weighted by atomic mass is 35.5. The molecule has 3 aromatic carbocycles. The van der Waals surface area contributed by atoms with Crippen LogP contribution in [0, 0.1) is 20.2 Å². The van der Waals surface area contributed by atoms with Crippen LogP contribution >= 0.6 is 23.2 Å². The van der Waals surface area contributed by atoms with Gasteiger partial charge in [-0.2, -0.15) is 0 Å². The second kappa shape index (κ2) is 9.30. The first-order valence-electron chi connectivity index (χ1n) is 9.40. The Morgan fingerprint density at radius 2 is 1.76 bits per heavy atom. The summed E-state index contributed by atoms with van der Waals surface area (Å²) in [6.45, 7) is 0. The Kier molecular flexibility index (Phi) is 6.26. The van der Waals surface area contributed by atoms with E-state index in [1.165, 1.54) is 24.3 Å². The summed E-state index contributed by atoms with van der Waals surface area (Å²) in [5.41, 5.74) is -0.121. The number of ether oxygens (including phenoxy) is 2. The van der Waals surface area contributed by atoms with Crippen LogP contribution in [0.15, 0.2) is 71.4 Å². The lowest BCUT2D eigenvalue weighted by Gasteiger charge is -2.07. The van der Waals surface area contributed by atoms with Gasteiger partial charge in [-0.05, 0) is 48.0 Å². The molecule has 1 aliphatic heterocycles. The average Bonchev–Trinajstić information content (AvgIpc) is 3.13. The fourth-order valence-electron chi connectivity index (χ4n) is 2.99. The standard InChI is InChI=1S/C22H11Cl2N3O7/c23-13-4-6-16(17(24)10-13)21-25-18(22(28)34-21)9-12-2-1-3-15(8-12)33-20-7-5-14(26(29)30)11-19(20)27(31)32/h1-11H. The van der Waals surface area contributed by atoms with Gasteiger partial charge in [0.2, 0.25) is 11.6 Å². The Labute approximate surface area is 201 Å². The van der Waals surface area contributed by atoms with Gasteiger partial charge in [0.25, 0.3) is 5.69 Å². The monoisotopic (exact) mass is 499 g/mol. The number of esters is 1.